The Morgan fingerprint density at radius 3 is 2.42 bits per heavy atom. The van der Waals surface area contributed by atoms with E-state index in [0.717, 1.165) is 22.6 Å². The van der Waals surface area contributed by atoms with Crippen molar-refractivity contribution in [1.82, 2.24) is 24.8 Å². The largest absolute Gasteiger partial charge is 0.465 e. The minimum atomic E-state index is -1.01. The Kier molecular flexibility index (Phi) is 5.89. The maximum absolute atomic E-state index is 11.3. The van der Waals surface area contributed by atoms with Gasteiger partial charge in [-0.15, -0.1) is 0 Å². The van der Waals surface area contributed by atoms with Crippen LogP contribution in [0.25, 0.3) is 39.5 Å². The topological polar surface area (TPSA) is 125 Å². The molecule has 0 radical (unpaired) electrons. The number of aromatic nitrogens is 4. The Balaban J connectivity index is 1.45. The summed E-state index contributed by atoms with van der Waals surface area (Å²) in [6, 6.07) is 25.4. The van der Waals surface area contributed by atoms with E-state index in [4.69, 9.17) is 15.1 Å². The second kappa shape index (κ2) is 9.66. The third-order valence-corrected chi connectivity index (χ3v) is 6.50. The number of amides is 2. The van der Waals surface area contributed by atoms with Gasteiger partial charge in [0.15, 0.2) is 11.5 Å². The molecular formula is C28H23N7O3. The molecule has 3 aromatic heterocycles. The number of hydrogen-bond acceptors (Lipinski definition) is 6. The number of carboxylic acid groups (broad SMARTS) is 1. The fourth-order valence-corrected chi connectivity index (χ4v) is 4.68. The molecule has 0 aliphatic carbocycles. The molecule has 0 saturated carbocycles. The van der Waals surface area contributed by atoms with E-state index in [9.17, 15) is 9.59 Å². The number of carbonyl (C=O) groups is 2. The van der Waals surface area contributed by atoms with Crippen LogP contribution < -0.4 is 15.5 Å². The number of benzene rings is 2. The first-order chi connectivity index (χ1) is 18.6. The average Bonchev–Trinajstić information content (AvgIpc) is 3.30. The van der Waals surface area contributed by atoms with Crippen LogP contribution in [0.1, 0.15) is 0 Å². The first-order valence-corrected chi connectivity index (χ1v) is 12.1. The van der Waals surface area contributed by atoms with Crippen molar-refractivity contribution < 1.29 is 14.7 Å². The monoisotopic (exact) mass is 505 g/mol. The number of nitrogens with zero attached hydrogens (tertiary/aromatic N) is 5. The number of imidazole rings is 1. The Bertz CT molecular complexity index is 1630. The molecule has 2 aromatic carbocycles. The molecule has 1 saturated heterocycles. The summed E-state index contributed by atoms with van der Waals surface area (Å²) in [5.41, 5.74) is 5.67. The van der Waals surface area contributed by atoms with Crippen LogP contribution in [0, 0.1) is 0 Å². The molecule has 38 heavy (non-hydrogen) atoms. The van der Waals surface area contributed by atoms with Crippen LogP contribution in [0.15, 0.2) is 85.1 Å². The number of rotatable bonds is 7. The first-order valence-electron chi connectivity index (χ1n) is 12.1. The molecule has 0 atom stereocenters. The van der Waals surface area contributed by atoms with E-state index in [0.29, 0.717) is 47.9 Å². The smallest absolute Gasteiger partial charge is 0.405 e. The molecule has 1 aliphatic heterocycles. The maximum atomic E-state index is 11.3. The minimum absolute atomic E-state index is 0.0775. The van der Waals surface area contributed by atoms with E-state index < -0.39 is 6.09 Å². The normalized spacial score (nSPS) is 13.2. The van der Waals surface area contributed by atoms with Gasteiger partial charge >= 0.3 is 6.09 Å². The second-order valence-electron chi connectivity index (χ2n) is 8.91. The van der Waals surface area contributed by atoms with Gasteiger partial charge in [-0.2, -0.15) is 0 Å². The number of fused-ring (bicyclic) bond motifs is 1. The van der Waals surface area contributed by atoms with Gasteiger partial charge < -0.3 is 20.6 Å². The lowest BCUT2D eigenvalue weighted by molar-refractivity contribution is -0.105. The summed E-state index contributed by atoms with van der Waals surface area (Å²) >= 11 is 0. The molecule has 0 unspecified atom stereocenters. The van der Waals surface area contributed by atoms with E-state index >= 15 is 0 Å². The number of carbonyl (C=O) groups excluding carboxylic acids is 1. The van der Waals surface area contributed by atoms with Gasteiger partial charge in [0, 0.05) is 36.2 Å². The van der Waals surface area contributed by atoms with Gasteiger partial charge in [-0.3, -0.25) is 9.36 Å². The van der Waals surface area contributed by atoms with Crippen molar-refractivity contribution in [1.29, 1.82) is 0 Å². The van der Waals surface area contributed by atoms with Crippen LogP contribution in [0.4, 0.5) is 16.3 Å². The molecule has 1 aliphatic rings. The highest BCUT2D eigenvalue weighted by Crippen LogP contribution is 2.33. The van der Waals surface area contributed by atoms with Crippen molar-refractivity contribution in [3.05, 3.63) is 85.1 Å². The van der Waals surface area contributed by atoms with Crippen LogP contribution in [0.5, 0.6) is 0 Å². The third kappa shape index (κ3) is 4.28. The fraction of sp³-hybridized carbons (Fsp3) is 0.107. The van der Waals surface area contributed by atoms with Crippen LogP contribution in [0.3, 0.4) is 0 Å². The van der Waals surface area contributed by atoms with Crippen molar-refractivity contribution in [3.8, 4) is 28.3 Å². The van der Waals surface area contributed by atoms with Crippen molar-refractivity contribution in [3.63, 3.8) is 0 Å². The van der Waals surface area contributed by atoms with E-state index in [-0.39, 0.29) is 6.04 Å². The molecule has 2 amide bonds. The predicted octanol–water partition coefficient (Wildman–Crippen LogP) is 4.17. The zero-order chi connectivity index (χ0) is 26.1. The van der Waals surface area contributed by atoms with Gasteiger partial charge in [-0.25, -0.2) is 19.7 Å². The van der Waals surface area contributed by atoms with Crippen molar-refractivity contribution in [2.45, 2.75) is 6.04 Å². The number of nitrogens with one attached hydrogen (secondary N) is 2. The zero-order valence-electron chi connectivity index (χ0n) is 20.2. The van der Waals surface area contributed by atoms with Gasteiger partial charge in [0.2, 0.25) is 6.41 Å². The average molecular weight is 506 g/mol. The lowest BCUT2D eigenvalue weighted by Gasteiger charge is -2.40. The predicted molar refractivity (Wildman–Crippen MR) is 144 cm³/mol. The summed E-state index contributed by atoms with van der Waals surface area (Å²) < 4.78 is 1.96. The Morgan fingerprint density at radius 1 is 0.921 bits per heavy atom. The highest BCUT2D eigenvalue weighted by Gasteiger charge is 2.28. The summed E-state index contributed by atoms with van der Waals surface area (Å²) in [5, 5.41) is 14.1. The summed E-state index contributed by atoms with van der Waals surface area (Å²) in [4.78, 5) is 38.5. The number of hydrogen-bond donors (Lipinski definition) is 3. The summed E-state index contributed by atoms with van der Waals surface area (Å²) in [7, 11) is 0. The second-order valence-corrected chi connectivity index (χ2v) is 8.91. The van der Waals surface area contributed by atoms with Crippen LogP contribution in [0.2, 0.25) is 0 Å². The minimum Gasteiger partial charge on any atom is -0.465 e. The van der Waals surface area contributed by atoms with E-state index in [1.54, 1.807) is 12.3 Å². The molecule has 5 aromatic rings. The molecule has 1 fully saturated rings. The van der Waals surface area contributed by atoms with E-state index in [1.807, 2.05) is 77.4 Å². The Labute approximate surface area is 217 Å². The highest BCUT2D eigenvalue weighted by molar-refractivity contribution is 5.87. The molecule has 6 rings (SSSR count). The molecular weight excluding hydrogens is 482 g/mol. The van der Waals surface area contributed by atoms with Gasteiger partial charge in [-0.05, 0) is 48.5 Å². The maximum Gasteiger partial charge on any atom is 0.405 e. The summed E-state index contributed by atoms with van der Waals surface area (Å²) in [5.74, 6) is 0.995. The van der Waals surface area contributed by atoms with Crippen LogP contribution in [-0.2, 0) is 4.79 Å². The summed E-state index contributed by atoms with van der Waals surface area (Å²) in [6.07, 6.45) is 1.20. The van der Waals surface area contributed by atoms with Crippen LogP contribution >= 0.6 is 0 Å². The van der Waals surface area contributed by atoms with E-state index in [2.05, 4.69) is 20.5 Å². The number of pyridine rings is 2. The standard InChI is InChI=1S/C28H23N7O3/c36-17-30-25-22(7-4-14-29-25)26-33-24-13-12-23(18-5-2-1-3-6-18)32-27(24)35(26)21-10-8-20(9-11-21)34-15-19(16-34)31-28(37)38/h1-14,17,19,31H,15-16H2,(H,37,38)(H,29,30,36). The Morgan fingerprint density at radius 2 is 1.68 bits per heavy atom. The number of anilines is 2. The summed E-state index contributed by atoms with van der Waals surface area (Å²) in [6.45, 7) is 1.23. The molecule has 0 spiro atoms. The quantitative estimate of drug-likeness (QED) is 0.284. The van der Waals surface area contributed by atoms with Gasteiger partial charge in [0.1, 0.15) is 11.3 Å². The highest BCUT2D eigenvalue weighted by atomic mass is 16.4. The zero-order valence-corrected chi connectivity index (χ0v) is 20.2. The molecule has 10 heteroatoms. The van der Waals surface area contributed by atoms with Crippen molar-refractivity contribution in [2.24, 2.45) is 0 Å². The SMILES string of the molecule is O=CNc1ncccc1-c1nc2ccc(-c3ccccc3)nc2n1-c1ccc(N2CC(NC(=O)O)C2)cc1. The molecule has 188 valence electrons. The van der Waals surface area contributed by atoms with Crippen molar-refractivity contribution >= 4 is 35.2 Å². The molecule has 4 heterocycles. The van der Waals surface area contributed by atoms with Gasteiger partial charge in [-0.1, -0.05) is 30.3 Å². The van der Waals surface area contributed by atoms with Gasteiger partial charge in [0.05, 0.1) is 17.3 Å². The fourth-order valence-electron chi connectivity index (χ4n) is 4.68. The molecule has 3 N–H and O–H groups in total. The van der Waals surface area contributed by atoms with Crippen LogP contribution in [-0.4, -0.2) is 56.3 Å². The van der Waals surface area contributed by atoms with Crippen molar-refractivity contribution in [2.75, 3.05) is 23.3 Å². The lowest BCUT2D eigenvalue weighted by atomic mass is 10.1. The van der Waals surface area contributed by atoms with E-state index in [1.165, 1.54) is 0 Å². The first kappa shape index (κ1) is 23.2. The van der Waals surface area contributed by atoms with Gasteiger partial charge in [0.25, 0.3) is 0 Å². The lowest BCUT2D eigenvalue weighted by Crippen LogP contribution is -2.59. The molecule has 0 bridgehead atoms. The molecule has 10 nitrogen and oxygen atoms in total. The Hall–Kier alpha value is -5.25. The third-order valence-electron chi connectivity index (χ3n) is 6.50.